The number of nitrogens with two attached hydrogens (primary N) is 1. The van der Waals surface area contributed by atoms with Crippen molar-refractivity contribution in [2.75, 3.05) is 5.73 Å². The average molecular weight is 393 g/mol. The summed E-state index contributed by atoms with van der Waals surface area (Å²) in [5, 5.41) is 0.713. The van der Waals surface area contributed by atoms with Crippen LogP contribution in [0.5, 0.6) is 0 Å². The molecule has 142 valence electrons. The van der Waals surface area contributed by atoms with E-state index in [1.165, 1.54) is 31.1 Å². The largest absolute Gasteiger partial charge is 0.382 e. The quantitative estimate of drug-likeness (QED) is 0.555. The highest BCUT2D eigenvalue weighted by Gasteiger charge is 2.24. The molecule has 2 N–H and O–H groups in total. The summed E-state index contributed by atoms with van der Waals surface area (Å²) in [5.74, 6) is 2.23. The maximum atomic E-state index is 13.2. The Hall–Kier alpha value is -2.94. The van der Waals surface area contributed by atoms with Crippen LogP contribution in [-0.2, 0) is 12.3 Å². The van der Waals surface area contributed by atoms with Gasteiger partial charge in [0.1, 0.15) is 18.5 Å². The molecule has 1 aromatic carbocycles. The average Bonchev–Trinajstić information content (AvgIpc) is 3.40. The summed E-state index contributed by atoms with van der Waals surface area (Å²) in [6, 6.07) is 5.80. The third-order valence-electron chi connectivity index (χ3n) is 5.07. The number of nitrogens with zero attached hydrogens (tertiary/aromatic N) is 6. The molecule has 3 aromatic heterocycles. The van der Waals surface area contributed by atoms with Crippen molar-refractivity contribution < 1.29 is 0 Å². The predicted octanol–water partition coefficient (Wildman–Crippen LogP) is 2.53. The van der Waals surface area contributed by atoms with Crippen molar-refractivity contribution in [2.24, 2.45) is 5.92 Å². The molecule has 1 aliphatic carbocycles. The summed E-state index contributed by atoms with van der Waals surface area (Å²) < 4.78 is 3.70. The fourth-order valence-corrected chi connectivity index (χ4v) is 4.23. The lowest BCUT2D eigenvalue weighted by molar-refractivity contribution is 0.581. The van der Waals surface area contributed by atoms with Crippen molar-refractivity contribution in [3.05, 3.63) is 52.6 Å². The lowest BCUT2D eigenvalue weighted by atomic mass is 10.1. The van der Waals surface area contributed by atoms with E-state index in [9.17, 15) is 4.79 Å². The molecule has 5 rings (SSSR count). The van der Waals surface area contributed by atoms with Crippen LogP contribution in [0.3, 0.4) is 0 Å². The third-order valence-corrected chi connectivity index (χ3v) is 6.01. The van der Waals surface area contributed by atoms with Crippen LogP contribution in [-0.4, -0.2) is 28.5 Å². The zero-order valence-corrected chi connectivity index (χ0v) is 16.2. The van der Waals surface area contributed by atoms with Gasteiger partial charge in [-0.15, -0.1) is 0 Å². The van der Waals surface area contributed by atoms with Gasteiger partial charge in [-0.05, 0) is 49.3 Å². The lowest BCUT2D eigenvalue weighted by Crippen LogP contribution is -2.26. The number of fused-ring (bicyclic) bond motifs is 2. The summed E-state index contributed by atoms with van der Waals surface area (Å²) >= 11 is 1.49. The molecule has 1 fully saturated rings. The predicted molar refractivity (Wildman–Crippen MR) is 110 cm³/mol. The molecule has 8 nitrogen and oxygen atoms in total. The Morgan fingerprint density at radius 3 is 2.93 bits per heavy atom. The summed E-state index contributed by atoms with van der Waals surface area (Å²) in [7, 11) is 0. The van der Waals surface area contributed by atoms with Gasteiger partial charge in [-0.1, -0.05) is 12.1 Å². The molecule has 0 radical (unpaired) electrons. The molecule has 0 amide bonds. The second kappa shape index (κ2) is 6.59. The molecule has 0 unspecified atom stereocenters. The van der Waals surface area contributed by atoms with Gasteiger partial charge in [0.2, 0.25) is 0 Å². The van der Waals surface area contributed by atoms with Crippen LogP contribution in [0.15, 0.2) is 35.6 Å². The van der Waals surface area contributed by atoms with Gasteiger partial charge < -0.3 is 5.73 Å². The monoisotopic (exact) mass is 393 g/mol. The lowest BCUT2D eigenvalue weighted by Gasteiger charge is -2.14. The molecule has 3 heterocycles. The second-order valence-corrected chi connectivity index (χ2v) is 8.07. The fourth-order valence-electron chi connectivity index (χ4n) is 3.39. The van der Waals surface area contributed by atoms with E-state index >= 15 is 0 Å². The zero-order chi connectivity index (χ0) is 19.3. The maximum absolute atomic E-state index is 13.2. The van der Waals surface area contributed by atoms with Crippen molar-refractivity contribution in [3.63, 3.8) is 0 Å². The summed E-state index contributed by atoms with van der Waals surface area (Å²) in [5.41, 5.74) is 8.86. The molecular weight excluding hydrogens is 374 g/mol. The number of benzene rings is 1. The normalized spacial score (nSPS) is 14.2. The Bertz CT molecular complexity index is 1260. The van der Waals surface area contributed by atoms with Crippen LogP contribution in [0.2, 0.25) is 0 Å². The molecule has 0 saturated heterocycles. The van der Waals surface area contributed by atoms with E-state index < -0.39 is 0 Å². The summed E-state index contributed by atoms with van der Waals surface area (Å²) in [6.07, 6.45) is 5.45. The first-order valence-electron chi connectivity index (χ1n) is 9.17. The molecule has 0 spiro atoms. The van der Waals surface area contributed by atoms with Gasteiger partial charge in [0.25, 0.3) is 5.56 Å². The van der Waals surface area contributed by atoms with Crippen molar-refractivity contribution >= 4 is 39.8 Å². The smallest absolute Gasteiger partial charge is 0.261 e. The standard InChI is InChI=1S/C19H19N7OS/c1-11-3-2-4-13-15(11)19(27)25(7-12-5-6-12)14(24-13)8-28-26-10-23-16-17(20)21-9-22-18(16)26/h2-4,9-10,12H,5-8H2,1H3,(H2,20,21,22). The third kappa shape index (κ3) is 2.91. The van der Waals surface area contributed by atoms with E-state index in [0.717, 1.165) is 23.4 Å². The number of aryl methyl sites for hydroxylation is 1. The van der Waals surface area contributed by atoms with Crippen LogP contribution in [0.4, 0.5) is 5.82 Å². The van der Waals surface area contributed by atoms with Crippen LogP contribution >= 0.6 is 11.9 Å². The fraction of sp³-hybridized carbons (Fsp3) is 0.316. The molecule has 9 heteroatoms. The van der Waals surface area contributed by atoms with E-state index in [-0.39, 0.29) is 5.56 Å². The number of hydrogen-bond donors (Lipinski definition) is 1. The maximum Gasteiger partial charge on any atom is 0.261 e. The SMILES string of the molecule is Cc1cccc2nc(CSn3cnc4c(N)ncnc43)n(CC3CC3)c(=O)c12. The van der Waals surface area contributed by atoms with Gasteiger partial charge in [0.05, 0.1) is 16.7 Å². The topological polar surface area (TPSA) is 105 Å². The highest BCUT2D eigenvalue weighted by atomic mass is 32.2. The Labute approximate surface area is 165 Å². The van der Waals surface area contributed by atoms with Crippen LogP contribution in [0.25, 0.3) is 22.1 Å². The van der Waals surface area contributed by atoms with E-state index in [1.807, 2.05) is 33.7 Å². The highest BCUT2D eigenvalue weighted by molar-refractivity contribution is 7.97. The minimum Gasteiger partial charge on any atom is -0.382 e. The Morgan fingerprint density at radius 1 is 1.25 bits per heavy atom. The number of rotatable bonds is 5. The molecule has 28 heavy (non-hydrogen) atoms. The Kier molecular flexibility index (Phi) is 4.04. The molecule has 0 aliphatic heterocycles. The van der Waals surface area contributed by atoms with E-state index in [0.29, 0.717) is 34.0 Å². The Morgan fingerprint density at radius 2 is 2.11 bits per heavy atom. The van der Waals surface area contributed by atoms with Gasteiger partial charge in [-0.2, -0.15) is 0 Å². The van der Waals surface area contributed by atoms with E-state index in [4.69, 9.17) is 10.7 Å². The first-order chi connectivity index (χ1) is 13.6. The summed E-state index contributed by atoms with van der Waals surface area (Å²) in [6.45, 7) is 2.69. The van der Waals surface area contributed by atoms with Crippen LogP contribution < -0.4 is 11.3 Å². The number of anilines is 1. The summed E-state index contributed by atoms with van der Waals surface area (Å²) in [4.78, 5) is 30.6. The number of hydrogen-bond acceptors (Lipinski definition) is 7. The van der Waals surface area contributed by atoms with Gasteiger partial charge in [0, 0.05) is 6.54 Å². The molecule has 0 atom stereocenters. The minimum absolute atomic E-state index is 0.0488. The van der Waals surface area contributed by atoms with Crippen molar-refractivity contribution in [1.82, 2.24) is 28.5 Å². The second-order valence-electron chi connectivity index (χ2n) is 7.13. The molecular formula is C19H19N7OS. The van der Waals surface area contributed by atoms with Crippen LogP contribution in [0, 0.1) is 12.8 Å². The van der Waals surface area contributed by atoms with Crippen LogP contribution in [0.1, 0.15) is 24.2 Å². The minimum atomic E-state index is 0.0488. The molecule has 0 bridgehead atoms. The van der Waals surface area contributed by atoms with Gasteiger partial charge >= 0.3 is 0 Å². The van der Waals surface area contributed by atoms with Gasteiger partial charge in [0.15, 0.2) is 17.0 Å². The van der Waals surface area contributed by atoms with E-state index in [2.05, 4.69) is 15.0 Å². The molecule has 1 saturated carbocycles. The van der Waals surface area contributed by atoms with Gasteiger partial charge in [-0.25, -0.2) is 19.9 Å². The van der Waals surface area contributed by atoms with Crippen molar-refractivity contribution in [3.8, 4) is 0 Å². The highest BCUT2D eigenvalue weighted by Crippen LogP contribution is 2.31. The van der Waals surface area contributed by atoms with Crippen molar-refractivity contribution in [1.29, 1.82) is 0 Å². The Balaban J connectivity index is 1.55. The number of aromatic nitrogens is 6. The first-order valence-corrected chi connectivity index (χ1v) is 10.1. The first kappa shape index (κ1) is 17.2. The molecule has 1 aliphatic rings. The number of imidazole rings is 1. The zero-order valence-electron chi connectivity index (χ0n) is 15.4. The van der Waals surface area contributed by atoms with Crippen molar-refractivity contribution in [2.45, 2.75) is 32.1 Å². The van der Waals surface area contributed by atoms with Gasteiger partial charge in [-0.3, -0.25) is 13.3 Å². The molecule has 4 aromatic rings. The van der Waals surface area contributed by atoms with E-state index in [1.54, 1.807) is 6.33 Å². The number of nitrogen functional groups attached to an aromatic ring is 1.